The van der Waals surface area contributed by atoms with Crippen LogP contribution in [-0.2, 0) is 20.1 Å². The number of hydrogen-bond donors (Lipinski definition) is 1. The van der Waals surface area contributed by atoms with Crippen LogP contribution in [0.4, 0.5) is 0 Å². The SMILES string of the molecule is COc1ccccc1CN(CCO)Cc1nccn1C. The highest BCUT2D eigenvalue weighted by atomic mass is 16.5. The molecule has 20 heavy (non-hydrogen) atoms. The molecule has 0 bridgehead atoms. The molecule has 0 aliphatic heterocycles. The Morgan fingerprint density at radius 2 is 2.10 bits per heavy atom. The molecule has 1 aromatic heterocycles. The summed E-state index contributed by atoms with van der Waals surface area (Å²) in [7, 11) is 3.65. The van der Waals surface area contributed by atoms with Crippen LogP contribution in [0.2, 0.25) is 0 Å². The number of nitrogens with zero attached hydrogens (tertiary/aromatic N) is 3. The fourth-order valence-electron chi connectivity index (χ4n) is 2.18. The van der Waals surface area contributed by atoms with E-state index in [9.17, 15) is 5.11 Å². The number of benzene rings is 1. The molecule has 1 N–H and O–H groups in total. The Bertz CT molecular complexity index is 539. The van der Waals surface area contributed by atoms with Gasteiger partial charge in [0.1, 0.15) is 11.6 Å². The summed E-state index contributed by atoms with van der Waals surface area (Å²) in [5, 5.41) is 9.24. The zero-order valence-corrected chi connectivity index (χ0v) is 12.0. The second kappa shape index (κ2) is 7.07. The summed E-state index contributed by atoms with van der Waals surface area (Å²) in [4.78, 5) is 6.48. The molecule has 108 valence electrons. The van der Waals surface area contributed by atoms with Crippen molar-refractivity contribution >= 4 is 0 Å². The normalized spacial score (nSPS) is 11.0. The molecule has 5 nitrogen and oxygen atoms in total. The molecule has 0 radical (unpaired) electrons. The van der Waals surface area contributed by atoms with E-state index in [-0.39, 0.29) is 6.61 Å². The average molecular weight is 275 g/mol. The highest BCUT2D eigenvalue weighted by Crippen LogP contribution is 2.19. The van der Waals surface area contributed by atoms with E-state index >= 15 is 0 Å². The van der Waals surface area contributed by atoms with Crippen molar-refractivity contribution < 1.29 is 9.84 Å². The molecule has 0 aliphatic carbocycles. The van der Waals surface area contributed by atoms with Crippen LogP contribution in [0.3, 0.4) is 0 Å². The van der Waals surface area contributed by atoms with Gasteiger partial charge in [0, 0.05) is 38.1 Å². The Balaban J connectivity index is 2.11. The molecule has 0 saturated heterocycles. The van der Waals surface area contributed by atoms with Crippen molar-refractivity contribution in [3.05, 3.63) is 48.0 Å². The topological polar surface area (TPSA) is 50.5 Å². The summed E-state index contributed by atoms with van der Waals surface area (Å²) in [6.45, 7) is 2.14. The number of para-hydroxylation sites is 1. The van der Waals surface area contributed by atoms with Crippen molar-refractivity contribution in [3.63, 3.8) is 0 Å². The van der Waals surface area contributed by atoms with Gasteiger partial charge in [-0.25, -0.2) is 4.98 Å². The summed E-state index contributed by atoms with van der Waals surface area (Å²) < 4.78 is 7.37. The number of rotatable bonds is 7. The minimum Gasteiger partial charge on any atom is -0.496 e. The molecule has 0 atom stereocenters. The number of aryl methyl sites for hydroxylation is 1. The maximum atomic E-state index is 9.24. The first-order chi connectivity index (χ1) is 9.74. The molecule has 0 spiro atoms. The van der Waals surface area contributed by atoms with Gasteiger partial charge in [-0.05, 0) is 6.07 Å². The maximum absolute atomic E-state index is 9.24. The lowest BCUT2D eigenvalue weighted by molar-refractivity contribution is 0.178. The fraction of sp³-hybridized carbons (Fsp3) is 0.400. The summed E-state index contributed by atoms with van der Waals surface area (Å²) in [6, 6.07) is 7.95. The lowest BCUT2D eigenvalue weighted by Gasteiger charge is -2.22. The van der Waals surface area contributed by atoms with Gasteiger partial charge in [-0.1, -0.05) is 18.2 Å². The van der Waals surface area contributed by atoms with E-state index in [0.29, 0.717) is 13.1 Å². The lowest BCUT2D eigenvalue weighted by Crippen LogP contribution is -2.27. The average Bonchev–Trinajstić information content (AvgIpc) is 2.85. The number of ether oxygens (including phenoxy) is 1. The first kappa shape index (κ1) is 14.6. The third kappa shape index (κ3) is 3.59. The molecular formula is C15H21N3O2. The van der Waals surface area contributed by atoms with Crippen LogP contribution >= 0.6 is 0 Å². The van der Waals surface area contributed by atoms with E-state index in [1.165, 1.54) is 0 Å². The van der Waals surface area contributed by atoms with Gasteiger partial charge in [-0.3, -0.25) is 4.90 Å². The number of aliphatic hydroxyl groups is 1. The second-order valence-corrected chi connectivity index (χ2v) is 4.70. The predicted molar refractivity (Wildman–Crippen MR) is 77.4 cm³/mol. The quantitative estimate of drug-likeness (QED) is 0.830. The highest BCUT2D eigenvalue weighted by Gasteiger charge is 2.12. The van der Waals surface area contributed by atoms with E-state index in [0.717, 1.165) is 23.7 Å². The zero-order valence-electron chi connectivity index (χ0n) is 12.0. The molecule has 0 unspecified atom stereocenters. The van der Waals surface area contributed by atoms with Crippen LogP contribution in [0.5, 0.6) is 5.75 Å². The molecular weight excluding hydrogens is 254 g/mol. The Labute approximate surface area is 119 Å². The summed E-state index contributed by atoms with van der Waals surface area (Å²) >= 11 is 0. The smallest absolute Gasteiger partial charge is 0.123 e. The van der Waals surface area contributed by atoms with Crippen molar-refractivity contribution in [2.75, 3.05) is 20.3 Å². The molecule has 0 amide bonds. The minimum absolute atomic E-state index is 0.125. The largest absolute Gasteiger partial charge is 0.496 e. The van der Waals surface area contributed by atoms with Crippen LogP contribution in [0.15, 0.2) is 36.7 Å². The fourth-order valence-corrected chi connectivity index (χ4v) is 2.18. The van der Waals surface area contributed by atoms with Crippen LogP contribution in [0.1, 0.15) is 11.4 Å². The van der Waals surface area contributed by atoms with E-state index in [1.54, 1.807) is 13.3 Å². The molecule has 2 aromatic rings. The number of imidazole rings is 1. The molecule has 1 heterocycles. The van der Waals surface area contributed by atoms with Gasteiger partial charge < -0.3 is 14.4 Å². The third-order valence-corrected chi connectivity index (χ3v) is 3.29. The first-order valence-corrected chi connectivity index (χ1v) is 6.66. The van der Waals surface area contributed by atoms with Crippen molar-refractivity contribution in [1.29, 1.82) is 0 Å². The van der Waals surface area contributed by atoms with Crippen LogP contribution in [0.25, 0.3) is 0 Å². The molecule has 2 rings (SSSR count). The standard InChI is InChI=1S/C15H21N3O2/c1-17-8-7-16-15(17)12-18(9-10-19)11-13-5-3-4-6-14(13)20-2/h3-8,19H,9-12H2,1-2H3. The van der Waals surface area contributed by atoms with Crippen molar-refractivity contribution in [3.8, 4) is 5.75 Å². The van der Waals surface area contributed by atoms with Gasteiger partial charge in [-0.15, -0.1) is 0 Å². The van der Waals surface area contributed by atoms with Gasteiger partial charge in [0.05, 0.1) is 20.3 Å². The Kier molecular flexibility index (Phi) is 5.15. The Morgan fingerprint density at radius 1 is 1.30 bits per heavy atom. The summed E-state index contributed by atoms with van der Waals surface area (Å²) in [6.07, 6.45) is 3.71. The van der Waals surface area contributed by atoms with Crippen molar-refractivity contribution in [2.45, 2.75) is 13.1 Å². The molecule has 0 aliphatic rings. The minimum atomic E-state index is 0.125. The van der Waals surface area contributed by atoms with Crippen molar-refractivity contribution in [2.24, 2.45) is 7.05 Å². The van der Waals surface area contributed by atoms with Gasteiger partial charge >= 0.3 is 0 Å². The predicted octanol–water partition coefficient (Wildman–Crippen LogP) is 1.42. The van der Waals surface area contributed by atoms with E-state index in [4.69, 9.17) is 4.74 Å². The summed E-state index contributed by atoms with van der Waals surface area (Å²) in [5.74, 6) is 1.85. The van der Waals surface area contributed by atoms with Gasteiger partial charge in [0.15, 0.2) is 0 Å². The lowest BCUT2D eigenvalue weighted by atomic mass is 10.2. The molecule has 5 heteroatoms. The second-order valence-electron chi connectivity index (χ2n) is 4.70. The number of hydrogen-bond acceptors (Lipinski definition) is 4. The van der Waals surface area contributed by atoms with Gasteiger partial charge in [-0.2, -0.15) is 0 Å². The maximum Gasteiger partial charge on any atom is 0.123 e. The number of methoxy groups -OCH3 is 1. The van der Waals surface area contributed by atoms with Crippen LogP contribution in [0, 0.1) is 0 Å². The highest BCUT2D eigenvalue weighted by molar-refractivity contribution is 5.33. The monoisotopic (exact) mass is 275 g/mol. The summed E-state index contributed by atoms with van der Waals surface area (Å²) in [5.41, 5.74) is 1.11. The van der Waals surface area contributed by atoms with Crippen molar-refractivity contribution in [1.82, 2.24) is 14.5 Å². The molecule has 0 saturated carbocycles. The van der Waals surface area contributed by atoms with E-state index in [2.05, 4.69) is 9.88 Å². The number of aromatic nitrogens is 2. The number of aliphatic hydroxyl groups excluding tert-OH is 1. The van der Waals surface area contributed by atoms with E-state index in [1.807, 2.05) is 42.1 Å². The zero-order chi connectivity index (χ0) is 14.4. The molecule has 0 fully saturated rings. The third-order valence-electron chi connectivity index (χ3n) is 3.29. The van der Waals surface area contributed by atoms with Crippen LogP contribution < -0.4 is 4.74 Å². The van der Waals surface area contributed by atoms with E-state index < -0.39 is 0 Å². The van der Waals surface area contributed by atoms with Gasteiger partial charge in [0.2, 0.25) is 0 Å². The van der Waals surface area contributed by atoms with Gasteiger partial charge in [0.25, 0.3) is 0 Å². The van der Waals surface area contributed by atoms with Crippen LogP contribution in [-0.4, -0.2) is 39.8 Å². The Morgan fingerprint density at radius 3 is 2.75 bits per heavy atom. The molecule has 1 aromatic carbocycles. The first-order valence-electron chi connectivity index (χ1n) is 6.66. The Hall–Kier alpha value is -1.85.